The lowest BCUT2D eigenvalue weighted by atomic mass is 10.1. The average Bonchev–Trinajstić information content (AvgIpc) is 3.06. The van der Waals surface area contributed by atoms with Crippen molar-refractivity contribution in [3.8, 4) is 23.1 Å². The molecule has 0 amide bonds. The van der Waals surface area contributed by atoms with E-state index in [1.165, 1.54) is 32.4 Å². The smallest absolute Gasteiger partial charge is 0.121 e. The van der Waals surface area contributed by atoms with Gasteiger partial charge in [0.05, 0.1) is 16.8 Å². The lowest BCUT2D eigenvalue weighted by molar-refractivity contribution is 0.183. The van der Waals surface area contributed by atoms with Crippen LogP contribution in [0.15, 0.2) is 42.5 Å². The Morgan fingerprint density at radius 2 is 1.87 bits per heavy atom. The number of rotatable bonds is 7. The molecule has 3 aromatic rings. The van der Waals surface area contributed by atoms with Crippen molar-refractivity contribution in [2.75, 3.05) is 37.2 Å². The highest BCUT2D eigenvalue weighted by Gasteiger charge is 2.17. The number of nitrogens with one attached hydrogen (secondary N) is 1. The molecule has 0 bridgehead atoms. The standard InChI is InChI=1S/C24H28N4OS/c1-27-23-16-20(29-15-14-28-12-4-3-5-13-28)10-11-21(23)22(17-25)24(27)18-6-8-19(9-7-18)26-30-2/h6-11,16,26H,3-5,12-15H2,1-2H3. The quantitative estimate of drug-likeness (QED) is 0.528. The number of aromatic nitrogens is 1. The molecule has 1 fully saturated rings. The predicted octanol–water partition coefficient (Wildman–Crippen LogP) is 5.27. The highest BCUT2D eigenvalue weighted by Crippen LogP contribution is 2.35. The second kappa shape index (κ2) is 9.46. The van der Waals surface area contributed by atoms with Crippen LogP contribution in [-0.2, 0) is 7.05 Å². The zero-order valence-electron chi connectivity index (χ0n) is 17.6. The van der Waals surface area contributed by atoms with Crippen molar-refractivity contribution in [1.82, 2.24) is 9.47 Å². The van der Waals surface area contributed by atoms with Gasteiger partial charge in [0, 0.05) is 37.0 Å². The summed E-state index contributed by atoms with van der Waals surface area (Å²) in [4.78, 5) is 2.48. The van der Waals surface area contributed by atoms with Crippen molar-refractivity contribution in [2.24, 2.45) is 7.05 Å². The molecule has 0 saturated carbocycles. The highest BCUT2D eigenvalue weighted by atomic mass is 32.2. The SMILES string of the molecule is CSNc1ccc(-c2c(C#N)c3ccc(OCCN4CCCCC4)cc3n2C)cc1. The van der Waals surface area contributed by atoms with E-state index >= 15 is 0 Å². The molecule has 30 heavy (non-hydrogen) atoms. The Balaban J connectivity index is 1.57. The molecule has 1 aliphatic heterocycles. The second-order valence-electron chi connectivity index (χ2n) is 7.71. The normalized spacial score (nSPS) is 14.6. The third-order valence-corrected chi connectivity index (χ3v) is 6.23. The van der Waals surface area contributed by atoms with Crippen LogP contribution in [0.1, 0.15) is 24.8 Å². The van der Waals surface area contributed by atoms with Crippen molar-refractivity contribution in [3.05, 3.63) is 48.0 Å². The van der Waals surface area contributed by atoms with Crippen LogP contribution in [-0.4, -0.2) is 42.0 Å². The van der Waals surface area contributed by atoms with Gasteiger partial charge >= 0.3 is 0 Å². The predicted molar refractivity (Wildman–Crippen MR) is 126 cm³/mol. The van der Waals surface area contributed by atoms with Gasteiger partial charge in [0.1, 0.15) is 18.4 Å². The number of hydrogen-bond acceptors (Lipinski definition) is 5. The summed E-state index contributed by atoms with van der Waals surface area (Å²) >= 11 is 1.56. The molecule has 1 aliphatic rings. The van der Waals surface area contributed by atoms with Gasteiger partial charge in [0.25, 0.3) is 0 Å². The molecule has 2 heterocycles. The number of anilines is 1. The number of nitrogens with zero attached hydrogens (tertiary/aromatic N) is 3. The van der Waals surface area contributed by atoms with Gasteiger partial charge in [0.15, 0.2) is 0 Å². The summed E-state index contributed by atoms with van der Waals surface area (Å²) in [5, 5.41) is 10.8. The molecule has 0 spiro atoms. The fraction of sp³-hybridized carbons (Fsp3) is 0.375. The number of piperidine rings is 1. The monoisotopic (exact) mass is 420 g/mol. The molecule has 1 saturated heterocycles. The Labute approximate surface area is 182 Å². The van der Waals surface area contributed by atoms with E-state index in [0.717, 1.165) is 40.1 Å². The van der Waals surface area contributed by atoms with Gasteiger partial charge in [0.2, 0.25) is 0 Å². The van der Waals surface area contributed by atoms with Gasteiger partial charge in [-0.05, 0) is 55.8 Å². The van der Waals surface area contributed by atoms with E-state index in [1.807, 2.05) is 37.6 Å². The van der Waals surface area contributed by atoms with E-state index in [1.54, 1.807) is 11.9 Å². The van der Waals surface area contributed by atoms with Gasteiger partial charge in [-0.2, -0.15) is 5.26 Å². The zero-order valence-corrected chi connectivity index (χ0v) is 18.5. The first-order chi connectivity index (χ1) is 14.7. The molecule has 0 unspecified atom stereocenters. The topological polar surface area (TPSA) is 53.2 Å². The van der Waals surface area contributed by atoms with Crippen molar-refractivity contribution >= 4 is 28.5 Å². The first-order valence-electron chi connectivity index (χ1n) is 10.5. The Bertz CT molecular complexity index is 1050. The van der Waals surface area contributed by atoms with E-state index in [9.17, 15) is 5.26 Å². The van der Waals surface area contributed by atoms with Gasteiger partial charge in [-0.1, -0.05) is 30.5 Å². The minimum Gasteiger partial charge on any atom is -0.492 e. The molecule has 6 heteroatoms. The number of hydrogen-bond donors (Lipinski definition) is 1. The molecule has 4 rings (SSSR count). The first kappa shape index (κ1) is 20.6. The molecule has 5 nitrogen and oxygen atoms in total. The molecule has 0 aliphatic carbocycles. The van der Waals surface area contributed by atoms with E-state index in [0.29, 0.717) is 12.2 Å². The van der Waals surface area contributed by atoms with Crippen molar-refractivity contribution < 1.29 is 4.74 Å². The molecular weight excluding hydrogens is 392 g/mol. The lowest BCUT2D eigenvalue weighted by Gasteiger charge is -2.26. The third-order valence-electron chi connectivity index (χ3n) is 5.79. The molecule has 1 N–H and O–H groups in total. The van der Waals surface area contributed by atoms with Crippen LogP contribution >= 0.6 is 11.9 Å². The summed E-state index contributed by atoms with van der Waals surface area (Å²) in [6.45, 7) is 4.02. The summed E-state index contributed by atoms with van der Waals surface area (Å²) in [5.41, 5.74) is 4.74. The van der Waals surface area contributed by atoms with Gasteiger partial charge in [-0.15, -0.1) is 0 Å². The number of nitriles is 1. The van der Waals surface area contributed by atoms with Crippen LogP contribution in [0.5, 0.6) is 5.75 Å². The summed E-state index contributed by atoms with van der Waals surface area (Å²) < 4.78 is 11.4. The Morgan fingerprint density at radius 3 is 2.57 bits per heavy atom. The van der Waals surface area contributed by atoms with Crippen molar-refractivity contribution in [2.45, 2.75) is 19.3 Å². The van der Waals surface area contributed by atoms with Crippen molar-refractivity contribution in [1.29, 1.82) is 5.26 Å². The maximum absolute atomic E-state index is 9.87. The first-order valence-corrected chi connectivity index (χ1v) is 11.7. The second-order valence-corrected chi connectivity index (χ2v) is 8.32. The molecule has 1 aromatic heterocycles. The summed E-state index contributed by atoms with van der Waals surface area (Å²) in [7, 11) is 2.02. The highest BCUT2D eigenvalue weighted by molar-refractivity contribution is 7.99. The fourth-order valence-electron chi connectivity index (χ4n) is 4.25. The number of likely N-dealkylation sites (tertiary alicyclic amines) is 1. The van der Waals surface area contributed by atoms with Crippen LogP contribution < -0.4 is 9.46 Å². The Hall–Kier alpha value is -2.62. The van der Waals surface area contributed by atoms with E-state index in [2.05, 4.69) is 38.5 Å². The average molecular weight is 421 g/mol. The van der Waals surface area contributed by atoms with Crippen LogP contribution in [0.25, 0.3) is 22.2 Å². The minimum absolute atomic E-state index is 0.692. The van der Waals surface area contributed by atoms with E-state index in [-0.39, 0.29) is 0 Å². The largest absolute Gasteiger partial charge is 0.492 e. The number of fused-ring (bicyclic) bond motifs is 1. The Morgan fingerprint density at radius 1 is 1.10 bits per heavy atom. The fourth-order valence-corrected chi connectivity index (χ4v) is 4.62. The molecule has 156 valence electrons. The molecule has 0 radical (unpaired) electrons. The lowest BCUT2D eigenvalue weighted by Crippen LogP contribution is -2.33. The van der Waals surface area contributed by atoms with Crippen LogP contribution in [0.4, 0.5) is 5.69 Å². The van der Waals surface area contributed by atoms with Gasteiger partial charge < -0.3 is 14.0 Å². The van der Waals surface area contributed by atoms with Gasteiger partial charge in [-0.3, -0.25) is 4.90 Å². The van der Waals surface area contributed by atoms with E-state index in [4.69, 9.17) is 4.74 Å². The van der Waals surface area contributed by atoms with Crippen LogP contribution in [0.2, 0.25) is 0 Å². The third kappa shape index (κ3) is 4.28. The Kier molecular flexibility index (Phi) is 6.51. The minimum atomic E-state index is 0.692. The molecule has 2 aromatic carbocycles. The maximum atomic E-state index is 9.87. The van der Waals surface area contributed by atoms with E-state index < -0.39 is 0 Å². The summed E-state index contributed by atoms with van der Waals surface area (Å²) in [6, 6.07) is 16.7. The molecular formula is C24H28N4OS. The van der Waals surface area contributed by atoms with Gasteiger partial charge in [-0.25, -0.2) is 0 Å². The number of ether oxygens (including phenoxy) is 1. The summed E-state index contributed by atoms with van der Waals surface area (Å²) in [6.07, 6.45) is 5.94. The number of benzene rings is 2. The van der Waals surface area contributed by atoms with Crippen LogP contribution in [0, 0.1) is 11.3 Å². The zero-order chi connectivity index (χ0) is 20.9. The maximum Gasteiger partial charge on any atom is 0.121 e. The molecule has 0 atom stereocenters. The van der Waals surface area contributed by atoms with Crippen molar-refractivity contribution in [3.63, 3.8) is 0 Å². The van der Waals surface area contributed by atoms with Crippen LogP contribution in [0.3, 0.4) is 0 Å². The number of aryl methyl sites for hydroxylation is 1. The summed E-state index contributed by atoms with van der Waals surface area (Å²) in [5.74, 6) is 0.857.